The minimum absolute atomic E-state index is 0.444. The second-order valence-corrected chi connectivity index (χ2v) is 6.33. The van der Waals surface area contributed by atoms with Gasteiger partial charge in [-0.15, -0.1) is 0 Å². The molecule has 4 N–H and O–H groups in total. The van der Waals surface area contributed by atoms with Crippen LogP contribution in [0.2, 0.25) is 5.02 Å². The van der Waals surface area contributed by atoms with E-state index in [-0.39, 0.29) is 0 Å². The van der Waals surface area contributed by atoms with Gasteiger partial charge in [0.25, 0.3) is 0 Å². The van der Waals surface area contributed by atoms with Crippen LogP contribution in [0.15, 0.2) is 66.9 Å². The predicted molar refractivity (Wildman–Crippen MR) is 103 cm³/mol. The van der Waals surface area contributed by atoms with Crippen LogP contribution in [0.5, 0.6) is 0 Å². The van der Waals surface area contributed by atoms with Crippen molar-refractivity contribution in [3.8, 4) is 11.1 Å². The van der Waals surface area contributed by atoms with Gasteiger partial charge in [-0.1, -0.05) is 48.0 Å². The lowest BCUT2D eigenvalue weighted by Crippen LogP contribution is -2.29. The SMILES string of the molecule is Nc1ccc(Cl)cc1-c1ccc(C(Cc2ccccc2)NC(=O)O)nc1. The number of benzene rings is 2. The van der Waals surface area contributed by atoms with Gasteiger partial charge in [-0.3, -0.25) is 4.98 Å². The Morgan fingerprint density at radius 1 is 1.15 bits per heavy atom. The molecule has 1 amide bonds. The molecule has 6 heteroatoms. The molecule has 3 aromatic rings. The number of hydrogen-bond acceptors (Lipinski definition) is 3. The summed E-state index contributed by atoms with van der Waals surface area (Å²) < 4.78 is 0. The van der Waals surface area contributed by atoms with Crippen LogP contribution in [0.1, 0.15) is 17.3 Å². The minimum atomic E-state index is -1.09. The summed E-state index contributed by atoms with van der Waals surface area (Å²) in [6.07, 6.45) is 1.10. The maximum Gasteiger partial charge on any atom is 0.405 e. The lowest BCUT2D eigenvalue weighted by molar-refractivity contribution is 0.189. The fourth-order valence-corrected chi connectivity index (χ4v) is 2.95. The van der Waals surface area contributed by atoms with Crippen LogP contribution in [-0.4, -0.2) is 16.2 Å². The third-order valence-electron chi connectivity index (χ3n) is 4.05. The number of pyridine rings is 1. The van der Waals surface area contributed by atoms with Crippen LogP contribution < -0.4 is 11.1 Å². The summed E-state index contributed by atoms with van der Waals surface area (Å²) in [5.41, 5.74) is 9.90. The zero-order chi connectivity index (χ0) is 18.5. The molecule has 132 valence electrons. The second kappa shape index (κ2) is 7.89. The first-order valence-corrected chi connectivity index (χ1v) is 8.45. The normalized spacial score (nSPS) is 11.7. The zero-order valence-electron chi connectivity index (χ0n) is 13.9. The van der Waals surface area contributed by atoms with E-state index >= 15 is 0 Å². The molecule has 26 heavy (non-hydrogen) atoms. The van der Waals surface area contributed by atoms with Gasteiger partial charge in [0.05, 0.1) is 11.7 Å². The molecule has 1 aromatic heterocycles. The number of carbonyl (C=O) groups is 1. The van der Waals surface area contributed by atoms with Crippen LogP contribution in [0, 0.1) is 0 Å². The third kappa shape index (κ3) is 4.32. The summed E-state index contributed by atoms with van der Waals surface area (Å²) in [5, 5.41) is 12.3. The van der Waals surface area contributed by atoms with E-state index in [1.54, 1.807) is 30.5 Å². The maximum atomic E-state index is 11.2. The molecule has 1 unspecified atom stereocenters. The molecule has 3 rings (SSSR count). The van der Waals surface area contributed by atoms with Crippen molar-refractivity contribution in [2.75, 3.05) is 5.73 Å². The van der Waals surface area contributed by atoms with E-state index in [9.17, 15) is 4.79 Å². The van der Waals surface area contributed by atoms with Crippen LogP contribution in [0.4, 0.5) is 10.5 Å². The van der Waals surface area contributed by atoms with Crippen molar-refractivity contribution >= 4 is 23.4 Å². The van der Waals surface area contributed by atoms with Gasteiger partial charge < -0.3 is 16.2 Å². The molecule has 2 aromatic carbocycles. The van der Waals surface area contributed by atoms with Gasteiger partial charge in [0.1, 0.15) is 0 Å². The lowest BCUT2D eigenvalue weighted by atomic mass is 10.0. The Balaban J connectivity index is 1.88. The first-order chi connectivity index (χ1) is 12.5. The largest absolute Gasteiger partial charge is 0.465 e. The highest BCUT2D eigenvalue weighted by Crippen LogP contribution is 2.29. The number of nitrogens with one attached hydrogen (secondary N) is 1. The maximum absolute atomic E-state index is 11.2. The highest BCUT2D eigenvalue weighted by Gasteiger charge is 2.16. The summed E-state index contributed by atoms with van der Waals surface area (Å²) in [5.74, 6) is 0. The average molecular weight is 368 g/mol. The number of hydrogen-bond donors (Lipinski definition) is 3. The van der Waals surface area contributed by atoms with Gasteiger partial charge in [0, 0.05) is 28.0 Å². The van der Waals surface area contributed by atoms with E-state index in [0.29, 0.717) is 22.8 Å². The average Bonchev–Trinajstić information content (AvgIpc) is 2.64. The molecule has 0 fully saturated rings. The Morgan fingerprint density at radius 3 is 2.58 bits per heavy atom. The van der Waals surface area contributed by atoms with Crippen molar-refractivity contribution in [1.82, 2.24) is 10.3 Å². The predicted octanol–water partition coefficient (Wildman–Crippen LogP) is 4.54. The smallest absolute Gasteiger partial charge is 0.405 e. The van der Waals surface area contributed by atoms with Crippen LogP contribution in [0.25, 0.3) is 11.1 Å². The monoisotopic (exact) mass is 367 g/mol. The van der Waals surface area contributed by atoms with Crippen LogP contribution in [0.3, 0.4) is 0 Å². The van der Waals surface area contributed by atoms with E-state index in [4.69, 9.17) is 22.4 Å². The zero-order valence-corrected chi connectivity index (χ0v) is 14.6. The molecule has 1 heterocycles. The van der Waals surface area contributed by atoms with Crippen molar-refractivity contribution in [1.29, 1.82) is 0 Å². The molecule has 0 saturated heterocycles. The summed E-state index contributed by atoms with van der Waals surface area (Å²) >= 11 is 6.04. The van der Waals surface area contributed by atoms with E-state index in [2.05, 4.69) is 10.3 Å². The number of nitrogen functional groups attached to an aromatic ring is 1. The first-order valence-electron chi connectivity index (χ1n) is 8.07. The van der Waals surface area contributed by atoms with Gasteiger partial charge >= 0.3 is 6.09 Å². The molecule has 0 bridgehead atoms. The molecule has 0 saturated carbocycles. The number of nitrogens with zero attached hydrogens (tertiary/aromatic N) is 1. The van der Waals surface area contributed by atoms with Crippen molar-refractivity contribution < 1.29 is 9.90 Å². The lowest BCUT2D eigenvalue weighted by Gasteiger charge is -2.17. The fraction of sp³-hybridized carbons (Fsp3) is 0.100. The number of anilines is 1. The molecule has 0 aliphatic carbocycles. The Bertz CT molecular complexity index is 899. The van der Waals surface area contributed by atoms with Gasteiger partial charge in [0.15, 0.2) is 0 Å². The summed E-state index contributed by atoms with van der Waals surface area (Å²) in [6.45, 7) is 0. The molecule has 0 aliphatic heterocycles. The van der Waals surface area contributed by atoms with Crippen molar-refractivity contribution in [2.24, 2.45) is 0 Å². The number of halogens is 1. The molecule has 1 atom stereocenters. The quantitative estimate of drug-likeness (QED) is 0.578. The number of nitrogens with two attached hydrogens (primary N) is 1. The Labute approximate surface area is 156 Å². The van der Waals surface area contributed by atoms with E-state index in [1.807, 2.05) is 36.4 Å². The number of carboxylic acid groups (broad SMARTS) is 1. The summed E-state index contributed by atoms with van der Waals surface area (Å²) in [7, 11) is 0. The summed E-state index contributed by atoms with van der Waals surface area (Å²) in [4.78, 5) is 15.6. The van der Waals surface area contributed by atoms with Crippen LogP contribution in [-0.2, 0) is 6.42 Å². The Kier molecular flexibility index (Phi) is 5.39. The van der Waals surface area contributed by atoms with Gasteiger partial charge in [-0.2, -0.15) is 0 Å². The van der Waals surface area contributed by atoms with Crippen LogP contribution >= 0.6 is 11.6 Å². The third-order valence-corrected chi connectivity index (χ3v) is 4.29. The molecular weight excluding hydrogens is 350 g/mol. The molecule has 0 radical (unpaired) electrons. The summed E-state index contributed by atoms with van der Waals surface area (Å²) in [6, 6.07) is 18.2. The van der Waals surface area contributed by atoms with E-state index in [1.165, 1.54) is 0 Å². The molecule has 5 nitrogen and oxygen atoms in total. The molecule has 0 aliphatic rings. The number of aromatic nitrogens is 1. The fourth-order valence-electron chi connectivity index (χ4n) is 2.78. The van der Waals surface area contributed by atoms with Crippen molar-refractivity contribution in [3.63, 3.8) is 0 Å². The molecular formula is C20H18ClN3O2. The second-order valence-electron chi connectivity index (χ2n) is 5.90. The minimum Gasteiger partial charge on any atom is -0.465 e. The van der Waals surface area contributed by atoms with E-state index < -0.39 is 12.1 Å². The Morgan fingerprint density at radius 2 is 1.92 bits per heavy atom. The first kappa shape index (κ1) is 17.8. The highest BCUT2D eigenvalue weighted by atomic mass is 35.5. The van der Waals surface area contributed by atoms with E-state index in [0.717, 1.165) is 16.7 Å². The van der Waals surface area contributed by atoms with Gasteiger partial charge in [0.2, 0.25) is 0 Å². The van der Waals surface area contributed by atoms with Gasteiger partial charge in [-0.25, -0.2) is 4.79 Å². The molecule has 0 spiro atoms. The number of rotatable bonds is 5. The van der Waals surface area contributed by atoms with Gasteiger partial charge in [-0.05, 0) is 36.2 Å². The van der Waals surface area contributed by atoms with Crippen molar-refractivity contribution in [3.05, 3.63) is 83.1 Å². The standard InChI is InChI=1S/C20H18ClN3O2/c21-15-7-8-17(22)16(11-15)14-6-9-18(23-12-14)19(24-20(25)26)10-13-4-2-1-3-5-13/h1-9,11-12,19,24H,10,22H2,(H,25,26). The number of amides is 1. The highest BCUT2D eigenvalue weighted by molar-refractivity contribution is 6.31. The Hall–Kier alpha value is -3.05. The van der Waals surface area contributed by atoms with Crippen molar-refractivity contribution in [2.45, 2.75) is 12.5 Å². The topological polar surface area (TPSA) is 88.2 Å².